The lowest BCUT2D eigenvalue weighted by atomic mass is 9.33. The van der Waals surface area contributed by atoms with Gasteiger partial charge in [-0.1, -0.05) is 171 Å². The molecular formula is C70H80BN3. The molecule has 0 bridgehead atoms. The van der Waals surface area contributed by atoms with Crippen molar-refractivity contribution < 1.29 is 0 Å². The highest BCUT2D eigenvalue weighted by Gasteiger charge is 2.50. The summed E-state index contributed by atoms with van der Waals surface area (Å²) in [6.45, 7) is 41.7. The Morgan fingerprint density at radius 2 is 0.905 bits per heavy atom. The zero-order valence-electron chi connectivity index (χ0n) is 47.9. The summed E-state index contributed by atoms with van der Waals surface area (Å²) in [5.41, 5.74) is 28.5. The summed E-state index contributed by atoms with van der Waals surface area (Å²) in [4.78, 5) is 7.98. The monoisotopic (exact) mass is 974 g/mol. The van der Waals surface area contributed by atoms with E-state index < -0.39 is 0 Å². The van der Waals surface area contributed by atoms with Gasteiger partial charge in [0, 0.05) is 45.5 Å². The van der Waals surface area contributed by atoms with Crippen molar-refractivity contribution in [3.63, 3.8) is 0 Å². The second-order valence-corrected chi connectivity index (χ2v) is 28.5. The van der Waals surface area contributed by atoms with Crippen molar-refractivity contribution in [2.75, 3.05) is 14.7 Å². The van der Waals surface area contributed by atoms with Gasteiger partial charge in [-0.3, -0.25) is 0 Å². The summed E-state index contributed by atoms with van der Waals surface area (Å²) >= 11 is 0. The van der Waals surface area contributed by atoms with Gasteiger partial charge in [0.25, 0.3) is 6.71 Å². The molecule has 74 heavy (non-hydrogen) atoms. The number of aryl methyl sites for hydroxylation is 1. The molecule has 0 N–H and O–H groups in total. The summed E-state index contributed by atoms with van der Waals surface area (Å²) in [5, 5.41) is 0. The molecule has 378 valence electrons. The van der Waals surface area contributed by atoms with Crippen LogP contribution in [0.5, 0.6) is 0 Å². The number of fused-ring (bicyclic) bond motifs is 7. The van der Waals surface area contributed by atoms with Crippen LogP contribution in [0.2, 0.25) is 0 Å². The zero-order chi connectivity index (χ0) is 52.6. The fraction of sp³-hybridized carbons (Fsp3) is 0.400. The Morgan fingerprint density at radius 3 is 1.49 bits per heavy atom. The van der Waals surface area contributed by atoms with Crippen LogP contribution in [0, 0.1) is 13.8 Å². The van der Waals surface area contributed by atoms with Crippen molar-refractivity contribution in [1.82, 2.24) is 0 Å². The molecule has 0 fully saturated rings. The minimum absolute atomic E-state index is 0.0103. The second-order valence-electron chi connectivity index (χ2n) is 28.5. The Morgan fingerprint density at radius 1 is 0.419 bits per heavy atom. The van der Waals surface area contributed by atoms with Crippen LogP contribution in [-0.4, -0.2) is 6.71 Å². The zero-order valence-corrected chi connectivity index (χ0v) is 47.9. The summed E-state index contributed by atoms with van der Waals surface area (Å²) in [5.74, 6) is 0. The van der Waals surface area contributed by atoms with Gasteiger partial charge in [0.1, 0.15) is 0 Å². The minimum atomic E-state index is -0.0617. The number of para-hydroxylation sites is 2. The quantitative estimate of drug-likeness (QED) is 0.159. The maximum atomic E-state index is 2.76. The first-order valence-electron chi connectivity index (χ1n) is 27.9. The van der Waals surface area contributed by atoms with E-state index in [1.807, 2.05) is 0 Å². The highest BCUT2D eigenvalue weighted by molar-refractivity contribution is 7.00. The third kappa shape index (κ3) is 7.19. The maximum Gasteiger partial charge on any atom is 0.252 e. The van der Waals surface area contributed by atoms with E-state index >= 15 is 0 Å². The predicted molar refractivity (Wildman–Crippen MR) is 320 cm³/mol. The van der Waals surface area contributed by atoms with Gasteiger partial charge < -0.3 is 14.7 Å². The normalized spacial score (nSPS) is 19.5. The van der Waals surface area contributed by atoms with E-state index in [4.69, 9.17) is 0 Å². The van der Waals surface area contributed by atoms with Crippen LogP contribution in [-0.2, 0) is 37.9 Å². The summed E-state index contributed by atoms with van der Waals surface area (Å²) < 4.78 is 0. The number of hydrogen-bond donors (Lipinski definition) is 0. The molecule has 3 aliphatic carbocycles. The van der Waals surface area contributed by atoms with Crippen molar-refractivity contribution >= 4 is 74.3 Å². The molecule has 0 radical (unpaired) electrons. The van der Waals surface area contributed by atoms with E-state index in [2.05, 4.69) is 260 Å². The van der Waals surface area contributed by atoms with Gasteiger partial charge in [-0.15, -0.1) is 0 Å². The van der Waals surface area contributed by atoms with Crippen LogP contribution in [0.1, 0.15) is 180 Å². The molecule has 4 heteroatoms. The number of benzene rings is 7. The van der Waals surface area contributed by atoms with Gasteiger partial charge in [-0.2, -0.15) is 0 Å². The fourth-order valence-electron chi connectivity index (χ4n) is 15.8. The first-order chi connectivity index (χ1) is 34.6. The van der Waals surface area contributed by atoms with Crippen LogP contribution >= 0.6 is 0 Å². The number of rotatable bonds is 5. The van der Waals surface area contributed by atoms with E-state index in [1.54, 1.807) is 0 Å². The molecule has 0 atom stereocenters. The van der Waals surface area contributed by atoms with Crippen LogP contribution in [0.3, 0.4) is 0 Å². The molecule has 12 rings (SSSR count). The molecule has 7 aromatic carbocycles. The molecule has 2 heterocycles. The average Bonchev–Trinajstić information content (AvgIpc) is 3.64. The van der Waals surface area contributed by atoms with Gasteiger partial charge in [0.15, 0.2) is 0 Å². The maximum absolute atomic E-state index is 2.76. The first kappa shape index (κ1) is 48.9. The topological polar surface area (TPSA) is 9.72 Å². The Hall–Kier alpha value is -6.00. The molecule has 0 unspecified atom stereocenters. The Balaban J connectivity index is 1.27. The van der Waals surface area contributed by atoms with E-state index in [0.29, 0.717) is 0 Å². The average molecular weight is 974 g/mol. The Kier molecular flexibility index (Phi) is 10.4. The molecule has 0 amide bonds. The van der Waals surface area contributed by atoms with Crippen molar-refractivity contribution in [3.8, 4) is 0 Å². The van der Waals surface area contributed by atoms with Gasteiger partial charge in [0.2, 0.25) is 0 Å². The van der Waals surface area contributed by atoms with Gasteiger partial charge >= 0.3 is 0 Å². The predicted octanol–water partition coefficient (Wildman–Crippen LogP) is 17.4. The molecule has 7 aromatic rings. The summed E-state index contributed by atoms with van der Waals surface area (Å²) in [6.07, 6.45) is 4.57. The largest absolute Gasteiger partial charge is 0.311 e. The third-order valence-electron chi connectivity index (χ3n) is 19.1. The van der Waals surface area contributed by atoms with Crippen molar-refractivity contribution in [2.24, 2.45) is 0 Å². The number of hydrogen-bond acceptors (Lipinski definition) is 3. The molecule has 0 spiro atoms. The van der Waals surface area contributed by atoms with Crippen LogP contribution in [0.15, 0.2) is 127 Å². The van der Waals surface area contributed by atoms with Crippen molar-refractivity contribution in [3.05, 3.63) is 177 Å². The molecule has 2 aliphatic heterocycles. The van der Waals surface area contributed by atoms with Crippen LogP contribution in [0.25, 0.3) is 0 Å². The van der Waals surface area contributed by atoms with E-state index in [9.17, 15) is 0 Å². The smallest absolute Gasteiger partial charge is 0.252 e. The molecule has 0 aromatic heterocycles. The minimum Gasteiger partial charge on any atom is -0.311 e. The Labute approximate surface area is 445 Å². The molecule has 3 nitrogen and oxygen atoms in total. The SMILES string of the molecule is Cc1cc2c(cc1N1c3cc4c(cc3B3c5ccc(C(C)(C)C)cc5N(c5ccc6c(c5C)C(C)(C)CC6(C)C)c5cc(N(c6ccccc6)c6ccccc6)cc1c53)C(C)(C)CCC4(C)C)C(C)(C)CC2(C)C. The highest BCUT2D eigenvalue weighted by atomic mass is 15.2. The van der Waals surface area contributed by atoms with E-state index in [0.717, 1.165) is 36.3 Å². The Bertz CT molecular complexity index is 3410. The van der Waals surface area contributed by atoms with Gasteiger partial charge in [0.05, 0.1) is 5.69 Å². The second kappa shape index (κ2) is 15.8. The molecule has 0 saturated carbocycles. The number of nitrogens with zero attached hydrogens (tertiary/aromatic N) is 3. The van der Waals surface area contributed by atoms with Gasteiger partial charge in [-0.25, -0.2) is 0 Å². The lowest BCUT2D eigenvalue weighted by Crippen LogP contribution is -2.62. The number of anilines is 9. The summed E-state index contributed by atoms with van der Waals surface area (Å²) in [7, 11) is 0. The van der Waals surface area contributed by atoms with Crippen molar-refractivity contribution in [1.29, 1.82) is 0 Å². The van der Waals surface area contributed by atoms with Crippen molar-refractivity contribution in [2.45, 2.75) is 181 Å². The van der Waals surface area contributed by atoms with Crippen LogP contribution in [0.4, 0.5) is 51.2 Å². The molecule has 0 saturated heterocycles. The molecular weight excluding hydrogens is 894 g/mol. The third-order valence-corrected chi connectivity index (χ3v) is 19.1. The van der Waals surface area contributed by atoms with Crippen LogP contribution < -0.4 is 31.1 Å². The standard InChI is InChI=1S/C70H80BN3/c1-43-34-50-53(69(14,15)41-68(50,12)13)39-57(43)74-59-40-52-51(65(6,7)32-33-66(52,8)9)38-55(59)71-54-30-28-45(64(3,4)5)35-58(54)73(56-31-29-49-62(44(56)2)70(16,17)42-67(49,10)11)60-36-48(37-61(74)63(60)71)72(46-24-20-18-21-25-46)47-26-22-19-23-27-47/h18-31,34-40H,32-33,41-42H2,1-17H3. The van der Waals surface area contributed by atoms with E-state index in [1.165, 1.54) is 107 Å². The summed E-state index contributed by atoms with van der Waals surface area (Å²) in [6, 6.07) is 50.4. The lowest BCUT2D eigenvalue weighted by Gasteiger charge is -2.48. The lowest BCUT2D eigenvalue weighted by molar-refractivity contribution is 0.332. The van der Waals surface area contributed by atoms with Gasteiger partial charge in [-0.05, 0) is 205 Å². The fourth-order valence-corrected chi connectivity index (χ4v) is 15.8. The molecule has 5 aliphatic rings. The highest BCUT2D eigenvalue weighted by Crippen LogP contribution is 2.58. The first-order valence-corrected chi connectivity index (χ1v) is 27.9. The van der Waals surface area contributed by atoms with E-state index in [-0.39, 0.29) is 44.6 Å².